The number of fused-ring (bicyclic) bond motifs is 1. The van der Waals surface area contributed by atoms with Crippen LogP contribution in [-0.4, -0.2) is 5.16 Å². The normalized spacial score (nSPS) is 10.4. The summed E-state index contributed by atoms with van der Waals surface area (Å²) in [5.41, 5.74) is 0.296. The molecule has 0 aliphatic heterocycles. The Morgan fingerprint density at radius 1 is 1.33 bits per heavy atom. The molecule has 3 heteroatoms. The highest BCUT2D eigenvalue weighted by Gasteiger charge is 2.03. The molecule has 0 N–H and O–H groups in total. The lowest BCUT2D eigenvalue weighted by atomic mass is 10.3. The topological polar surface area (TPSA) is 43.1 Å². The largest absolute Gasteiger partial charge is 0.360 e. The Labute approximate surface area is 68.6 Å². The van der Waals surface area contributed by atoms with Crippen molar-refractivity contribution in [3.8, 4) is 0 Å². The standard InChI is InChI=1S/C9H7NO2/c1-6-7-4-2-3-5-8(11)9(7)10-12-6/h2-5H,1H3. The second-order valence-electron chi connectivity index (χ2n) is 2.58. The molecule has 0 unspecified atom stereocenters. The lowest BCUT2D eigenvalue weighted by Crippen LogP contribution is -1.93. The first-order valence-electron chi connectivity index (χ1n) is 3.64. The number of aryl methyl sites for hydroxylation is 1. The van der Waals surface area contributed by atoms with Gasteiger partial charge in [0, 0.05) is 5.39 Å². The molecule has 0 bridgehead atoms. The quantitative estimate of drug-likeness (QED) is 0.588. The number of rotatable bonds is 0. The summed E-state index contributed by atoms with van der Waals surface area (Å²) < 4.78 is 4.89. The molecule has 1 aromatic carbocycles. The van der Waals surface area contributed by atoms with Crippen molar-refractivity contribution >= 4 is 10.9 Å². The zero-order valence-electron chi connectivity index (χ0n) is 6.57. The van der Waals surface area contributed by atoms with Crippen molar-refractivity contribution in [2.24, 2.45) is 0 Å². The first-order chi connectivity index (χ1) is 5.79. The summed E-state index contributed by atoms with van der Waals surface area (Å²) in [6.07, 6.45) is 0. The van der Waals surface area contributed by atoms with E-state index in [1.54, 1.807) is 19.1 Å². The first kappa shape index (κ1) is 7.03. The predicted octanol–water partition coefficient (Wildman–Crippen LogP) is 1.50. The van der Waals surface area contributed by atoms with E-state index in [-0.39, 0.29) is 5.43 Å². The van der Waals surface area contributed by atoms with E-state index in [4.69, 9.17) is 4.52 Å². The maximum atomic E-state index is 11.3. The molecule has 0 saturated heterocycles. The van der Waals surface area contributed by atoms with Crippen LogP contribution < -0.4 is 5.43 Å². The van der Waals surface area contributed by atoms with Gasteiger partial charge in [-0.3, -0.25) is 4.79 Å². The van der Waals surface area contributed by atoms with Crippen molar-refractivity contribution in [3.05, 3.63) is 40.2 Å². The highest BCUT2D eigenvalue weighted by Crippen LogP contribution is 2.11. The van der Waals surface area contributed by atoms with E-state index in [1.807, 2.05) is 6.07 Å². The Hall–Kier alpha value is -1.64. The molecular formula is C9H7NO2. The van der Waals surface area contributed by atoms with Gasteiger partial charge in [-0.2, -0.15) is 0 Å². The molecular weight excluding hydrogens is 154 g/mol. The molecule has 0 saturated carbocycles. The van der Waals surface area contributed by atoms with Gasteiger partial charge in [-0.1, -0.05) is 17.3 Å². The monoisotopic (exact) mass is 161 g/mol. The SMILES string of the molecule is Cc1onc2c(=O)ccccc12. The summed E-state index contributed by atoms with van der Waals surface area (Å²) in [6, 6.07) is 6.80. The fourth-order valence-corrected chi connectivity index (χ4v) is 1.13. The maximum Gasteiger partial charge on any atom is 0.208 e. The molecule has 2 rings (SSSR count). The van der Waals surface area contributed by atoms with Crippen molar-refractivity contribution in [2.45, 2.75) is 6.92 Å². The molecule has 1 heterocycles. The van der Waals surface area contributed by atoms with E-state index in [0.29, 0.717) is 11.3 Å². The minimum Gasteiger partial charge on any atom is -0.360 e. The smallest absolute Gasteiger partial charge is 0.208 e. The van der Waals surface area contributed by atoms with Gasteiger partial charge < -0.3 is 4.52 Å². The lowest BCUT2D eigenvalue weighted by Gasteiger charge is -1.75. The minimum atomic E-state index is -0.105. The fraction of sp³-hybridized carbons (Fsp3) is 0.111. The van der Waals surface area contributed by atoms with Crippen LogP contribution in [0.25, 0.3) is 10.9 Å². The molecule has 0 fully saturated rings. The highest BCUT2D eigenvalue weighted by molar-refractivity contribution is 5.79. The van der Waals surface area contributed by atoms with Gasteiger partial charge in [0.1, 0.15) is 5.76 Å². The molecule has 0 atom stereocenters. The van der Waals surface area contributed by atoms with E-state index in [2.05, 4.69) is 5.16 Å². The molecule has 0 radical (unpaired) electrons. The molecule has 12 heavy (non-hydrogen) atoms. The molecule has 0 spiro atoms. The Bertz CT molecular complexity index is 473. The Kier molecular flexibility index (Phi) is 1.43. The number of nitrogens with zero attached hydrogens (tertiary/aromatic N) is 1. The van der Waals surface area contributed by atoms with Gasteiger partial charge in [0.05, 0.1) is 0 Å². The van der Waals surface area contributed by atoms with Crippen molar-refractivity contribution in [1.82, 2.24) is 5.16 Å². The zero-order chi connectivity index (χ0) is 8.55. The van der Waals surface area contributed by atoms with Gasteiger partial charge in [0.15, 0.2) is 5.52 Å². The van der Waals surface area contributed by atoms with Crippen molar-refractivity contribution in [2.75, 3.05) is 0 Å². The van der Waals surface area contributed by atoms with Gasteiger partial charge in [0.25, 0.3) is 0 Å². The Balaban J connectivity index is 3.08. The van der Waals surface area contributed by atoms with Crippen LogP contribution >= 0.6 is 0 Å². The van der Waals surface area contributed by atoms with Gasteiger partial charge in [-0.25, -0.2) is 0 Å². The summed E-state index contributed by atoms with van der Waals surface area (Å²) in [5, 5.41) is 4.45. The molecule has 2 aromatic rings. The second kappa shape index (κ2) is 2.44. The molecule has 1 aromatic heterocycles. The third kappa shape index (κ3) is 0.906. The van der Waals surface area contributed by atoms with E-state index in [1.165, 1.54) is 6.07 Å². The van der Waals surface area contributed by atoms with Crippen molar-refractivity contribution < 1.29 is 4.52 Å². The van der Waals surface area contributed by atoms with Crippen LogP contribution in [0.15, 0.2) is 33.6 Å². The number of hydrogen-bond acceptors (Lipinski definition) is 3. The number of aromatic nitrogens is 1. The molecule has 0 aliphatic rings. The van der Waals surface area contributed by atoms with Gasteiger partial charge in [0.2, 0.25) is 5.43 Å². The average Bonchev–Trinajstić information content (AvgIpc) is 2.30. The maximum absolute atomic E-state index is 11.3. The van der Waals surface area contributed by atoms with Gasteiger partial charge >= 0.3 is 0 Å². The number of hydrogen-bond donors (Lipinski definition) is 0. The third-order valence-electron chi connectivity index (χ3n) is 1.76. The predicted molar refractivity (Wildman–Crippen MR) is 45.0 cm³/mol. The minimum absolute atomic E-state index is 0.105. The summed E-state index contributed by atoms with van der Waals surface area (Å²) in [5.74, 6) is 0.679. The Morgan fingerprint density at radius 2 is 2.08 bits per heavy atom. The molecule has 60 valence electrons. The van der Waals surface area contributed by atoms with Crippen LogP contribution in [0.3, 0.4) is 0 Å². The first-order valence-corrected chi connectivity index (χ1v) is 3.64. The summed E-state index contributed by atoms with van der Waals surface area (Å²) in [7, 11) is 0. The summed E-state index contributed by atoms with van der Waals surface area (Å²) >= 11 is 0. The summed E-state index contributed by atoms with van der Waals surface area (Å²) in [4.78, 5) is 11.3. The zero-order valence-corrected chi connectivity index (χ0v) is 6.57. The van der Waals surface area contributed by atoms with E-state index < -0.39 is 0 Å². The summed E-state index contributed by atoms with van der Waals surface area (Å²) in [6.45, 7) is 1.79. The van der Waals surface area contributed by atoms with Crippen molar-refractivity contribution in [3.63, 3.8) is 0 Å². The average molecular weight is 161 g/mol. The molecule has 0 amide bonds. The van der Waals surface area contributed by atoms with Crippen LogP contribution in [0.5, 0.6) is 0 Å². The van der Waals surface area contributed by atoms with Crippen LogP contribution in [0, 0.1) is 6.92 Å². The van der Waals surface area contributed by atoms with Crippen molar-refractivity contribution in [1.29, 1.82) is 0 Å². The van der Waals surface area contributed by atoms with Crippen LogP contribution in [-0.2, 0) is 0 Å². The fourth-order valence-electron chi connectivity index (χ4n) is 1.13. The van der Waals surface area contributed by atoms with E-state index in [9.17, 15) is 4.79 Å². The van der Waals surface area contributed by atoms with Crippen LogP contribution in [0.2, 0.25) is 0 Å². The Morgan fingerprint density at radius 3 is 2.92 bits per heavy atom. The van der Waals surface area contributed by atoms with Gasteiger partial charge in [-0.15, -0.1) is 0 Å². The second-order valence-corrected chi connectivity index (χ2v) is 2.58. The molecule has 3 nitrogen and oxygen atoms in total. The third-order valence-corrected chi connectivity index (χ3v) is 1.76. The molecule has 0 aliphatic carbocycles. The highest BCUT2D eigenvalue weighted by atomic mass is 16.5. The van der Waals surface area contributed by atoms with Crippen LogP contribution in [0.1, 0.15) is 5.76 Å². The van der Waals surface area contributed by atoms with Gasteiger partial charge in [-0.05, 0) is 19.1 Å². The lowest BCUT2D eigenvalue weighted by molar-refractivity contribution is 0.405. The van der Waals surface area contributed by atoms with E-state index in [0.717, 1.165) is 5.39 Å². The van der Waals surface area contributed by atoms with E-state index >= 15 is 0 Å². The van der Waals surface area contributed by atoms with Crippen LogP contribution in [0.4, 0.5) is 0 Å².